The molecule has 1 fully saturated rings. The first kappa shape index (κ1) is 16.2. The van der Waals surface area contributed by atoms with Gasteiger partial charge in [0.1, 0.15) is 11.3 Å². The molecule has 3 aromatic rings. The number of nitriles is 1. The van der Waals surface area contributed by atoms with Crippen molar-refractivity contribution in [3.63, 3.8) is 0 Å². The van der Waals surface area contributed by atoms with Crippen molar-refractivity contribution < 1.29 is 13.5 Å². The first-order chi connectivity index (χ1) is 12.6. The van der Waals surface area contributed by atoms with E-state index in [2.05, 4.69) is 41.4 Å². The Hall–Kier alpha value is -3.29. The number of nitrogens with zero attached hydrogens (tertiary/aromatic N) is 6. The fourth-order valence-corrected chi connectivity index (χ4v) is 2.93. The Morgan fingerprint density at radius 1 is 1.42 bits per heavy atom. The Morgan fingerprint density at radius 3 is 3.04 bits per heavy atom. The molecule has 1 aliphatic rings. The van der Waals surface area contributed by atoms with Crippen LogP contribution in [0.2, 0.25) is 0 Å². The van der Waals surface area contributed by atoms with Crippen LogP contribution in [0.25, 0.3) is 11.2 Å². The number of hydrogen-bond acceptors (Lipinski definition) is 7. The van der Waals surface area contributed by atoms with E-state index < -0.39 is 6.61 Å². The Balaban J connectivity index is 1.49. The zero-order valence-electron chi connectivity index (χ0n) is 13.4. The number of alkyl halides is 2. The second-order valence-electron chi connectivity index (χ2n) is 6.08. The fraction of sp³-hybridized carbons (Fsp3) is 0.400. The summed E-state index contributed by atoms with van der Waals surface area (Å²) >= 11 is 0. The first-order valence-corrected chi connectivity index (χ1v) is 7.96. The van der Waals surface area contributed by atoms with Crippen LogP contribution in [0.1, 0.15) is 12.8 Å². The highest BCUT2D eigenvalue weighted by atomic mass is 19.3. The third kappa shape index (κ3) is 3.26. The summed E-state index contributed by atoms with van der Waals surface area (Å²) in [4.78, 5) is 8.77. The van der Waals surface area contributed by atoms with Crippen LogP contribution in [0.4, 0.5) is 20.4 Å². The Kier molecular flexibility index (Phi) is 4.08. The fourth-order valence-electron chi connectivity index (χ4n) is 2.93. The predicted molar refractivity (Wildman–Crippen MR) is 85.7 cm³/mol. The van der Waals surface area contributed by atoms with E-state index in [0.29, 0.717) is 35.3 Å². The van der Waals surface area contributed by atoms with E-state index in [4.69, 9.17) is 5.26 Å². The zero-order chi connectivity index (χ0) is 18.1. The van der Waals surface area contributed by atoms with Crippen LogP contribution >= 0.6 is 0 Å². The number of aromatic amines is 1. The molecule has 0 radical (unpaired) electrons. The maximum absolute atomic E-state index is 12.2. The molecule has 2 N–H and O–H groups in total. The first-order valence-electron chi connectivity index (χ1n) is 7.96. The second kappa shape index (κ2) is 6.55. The SMILES string of the molecule is N#CC1CC(Cn2ncc3ncc(Nc4cc(OC(F)F)n[nH]4)nc32)C1. The maximum atomic E-state index is 12.2. The monoisotopic (exact) mass is 360 g/mol. The summed E-state index contributed by atoms with van der Waals surface area (Å²) < 4.78 is 30.3. The van der Waals surface area contributed by atoms with Gasteiger partial charge in [0.25, 0.3) is 0 Å². The van der Waals surface area contributed by atoms with Crippen LogP contribution in [0, 0.1) is 23.2 Å². The summed E-state index contributed by atoms with van der Waals surface area (Å²) in [5.41, 5.74) is 1.26. The molecule has 0 spiro atoms. The van der Waals surface area contributed by atoms with Gasteiger partial charge in [-0.05, 0) is 18.8 Å². The van der Waals surface area contributed by atoms with Gasteiger partial charge >= 0.3 is 6.61 Å². The summed E-state index contributed by atoms with van der Waals surface area (Å²) in [6, 6.07) is 3.56. The van der Waals surface area contributed by atoms with Crippen LogP contribution in [0.15, 0.2) is 18.5 Å². The minimum absolute atomic E-state index is 0.134. The Morgan fingerprint density at radius 2 is 2.27 bits per heavy atom. The third-order valence-corrected chi connectivity index (χ3v) is 4.22. The number of nitrogens with one attached hydrogen (secondary N) is 2. The van der Waals surface area contributed by atoms with Crippen molar-refractivity contribution in [2.24, 2.45) is 11.8 Å². The molecule has 11 heteroatoms. The predicted octanol–water partition coefficient (Wildman–Crippen LogP) is 2.44. The lowest BCUT2D eigenvalue weighted by Gasteiger charge is -2.30. The van der Waals surface area contributed by atoms with Crippen LogP contribution in [-0.2, 0) is 6.54 Å². The topological polar surface area (TPSA) is 117 Å². The number of fused-ring (bicyclic) bond motifs is 1. The maximum Gasteiger partial charge on any atom is 0.388 e. The number of hydrogen-bond donors (Lipinski definition) is 2. The largest absolute Gasteiger partial charge is 0.415 e. The second-order valence-corrected chi connectivity index (χ2v) is 6.08. The van der Waals surface area contributed by atoms with Crippen molar-refractivity contribution >= 4 is 22.8 Å². The van der Waals surface area contributed by atoms with Gasteiger partial charge in [0.05, 0.1) is 18.5 Å². The van der Waals surface area contributed by atoms with E-state index in [9.17, 15) is 8.78 Å². The Bertz CT molecular complexity index is 956. The van der Waals surface area contributed by atoms with Crippen molar-refractivity contribution in [3.05, 3.63) is 18.5 Å². The van der Waals surface area contributed by atoms with E-state index in [1.54, 1.807) is 10.9 Å². The molecular weight excluding hydrogens is 346 g/mol. The van der Waals surface area contributed by atoms with Crippen LogP contribution < -0.4 is 10.1 Å². The molecule has 9 nitrogen and oxygen atoms in total. The van der Waals surface area contributed by atoms with Crippen molar-refractivity contribution in [2.45, 2.75) is 26.0 Å². The molecule has 0 saturated heterocycles. The normalized spacial score (nSPS) is 19.3. The molecule has 26 heavy (non-hydrogen) atoms. The van der Waals surface area contributed by atoms with E-state index in [1.165, 1.54) is 12.3 Å². The van der Waals surface area contributed by atoms with Gasteiger partial charge in [-0.1, -0.05) is 0 Å². The lowest BCUT2D eigenvalue weighted by molar-refractivity contribution is -0.0528. The quantitative estimate of drug-likeness (QED) is 0.693. The van der Waals surface area contributed by atoms with Crippen molar-refractivity contribution in [1.29, 1.82) is 5.26 Å². The molecule has 0 unspecified atom stereocenters. The molecule has 4 rings (SSSR count). The highest BCUT2D eigenvalue weighted by Gasteiger charge is 2.29. The van der Waals surface area contributed by atoms with Gasteiger partial charge in [-0.15, -0.1) is 5.10 Å². The molecule has 0 atom stereocenters. The highest BCUT2D eigenvalue weighted by Crippen LogP contribution is 2.34. The van der Waals surface area contributed by atoms with Gasteiger partial charge in [0.15, 0.2) is 11.5 Å². The minimum atomic E-state index is -2.94. The van der Waals surface area contributed by atoms with Crippen LogP contribution in [-0.4, -0.2) is 36.6 Å². The Labute approximate surface area is 146 Å². The van der Waals surface area contributed by atoms with E-state index in [1.807, 2.05) is 0 Å². The lowest BCUT2D eigenvalue weighted by atomic mass is 9.76. The summed E-state index contributed by atoms with van der Waals surface area (Å²) in [7, 11) is 0. The van der Waals surface area contributed by atoms with Gasteiger partial charge < -0.3 is 10.1 Å². The molecule has 0 amide bonds. The number of aromatic nitrogens is 6. The summed E-state index contributed by atoms with van der Waals surface area (Å²) in [6.45, 7) is -2.26. The highest BCUT2D eigenvalue weighted by molar-refractivity contribution is 5.71. The number of H-pyrrole nitrogens is 1. The van der Waals surface area contributed by atoms with Gasteiger partial charge in [0.2, 0.25) is 5.88 Å². The smallest absolute Gasteiger partial charge is 0.388 e. The van der Waals surface area contributed by atoms with Gasteiger partial charge in [-0.25, -0.2) is 14.6 Å². The lowest BCUT2D eigenvalue weighted by Crippen LogP contribution is -2.26. The molecular formula is C15H14F2N8O. The molecule has 1 aliphatic carbocycles. The molecule has 3 heterocycles. The summed E-state index contributed by atoms with van der Waals surface area (Å²) in [5, 5.41) is 22.2. The zero-order valence-corrected chi connectivity index (χ0v) is 13.4. The van der Waals surface area contributed by atoms with Crippen molar-refractivity contribution in [2.75, 3.05) is 5.32 Å². The molecule has 3 aromatic heterocycles. The minimum Gasteiger partial charge on any atom is -0.415 e. The van der Waals surface area contributed by atoms with E-state index in [0.717, 1.165) is 12.8 Å². The van der Waals surface area contributed by atoms with Crippen LogP contribution in [0.5, 0.6) is 5.88 Å². The van der Waals surface area contributed by atoms with E-state index >= 15 is 0 Å². The number of rotatable bonds is 6. The average molecular weight is 360 g/mol. The van der Waals surface area contributed by atoms with Crippen LogP contribution in [0.3, 0.4) is 0 Å². The number of halogens is 2. The number of ether oxygens (including phenoxy) is 1. The molecule has 134 valence electrons. The van der Waals surface area contributed by atoms with Crippen molar-refractivity contribution in [3.8, 4) is 11.9 Å². The molecule has 0 aromatic carbocycles. The van der Waals surface area contributed by atoms with Crippen molar-refractivity contribution in [1.82, 2.24) is 29.9 Å². The molecule has 1 saturated carbocycles. The van der Waals surface area contributed by atoms with Gasteiger partial charge in [-0.3, -0.25) is 5.10 Å². The van der Waals surface area contributed by atoms with Gasteiger partial charge in [-0.2, -0.15) is 19.1 Å². The molecule has 0 bridgehead atoms. The standard InChI is InChI=1S/C15H14F2N8O/c16-15(17)26-13-3-11(23-24-13)21-12-6-19-10-5-20-25(14(10)22-12)7-9-1-8(2-9)4-18/h3,5-6,8-9,15H,1-2,7H2,(H2,21,22,23,24). The summed E-state index contributed by atoms with van der Waals surface area (Å²) in [6.07, 6.45) is 4.88. The third-order valence-electron chi connectivity index (χ3n) is 4.22. The average Bonchev–Trinajstić information content (AvgIpc) is 3.17. The van der Waals surface area contributed by atoms with Gasteiger partial charge in [0, 0.05) is 18.5 Å². The number of anilines is 2. The van der Waals surface area contributed by atoms with E-state index in [-0.39, 0.29) is 11.8 Å². The summed E-state index contributed by atoms with van der Waals surface area (Å²) in [5.74, 6) is 1.07. The molecule has 0 aliphatic heterocycles.